The highest BCUT2D eigenvalue weighted by Gasteiger charge is 2.19. The smallest absolute Gasteiger partial charge is 0.268 e. The zero-order valence-corrected chi connectivity index (χ0v) is 18.4. The molecule has 0 aliphatic rings. The summed E-state index contributed by atoms with van der Waals surface area (Å²) in [5.74, 6) is -0.407. The first-order valence-corrected chi connectivity index (χ1v) is 10.1. The highest BCUT2D eigenvalue weighted by molar-refractivity contribution is 7.07. The summed E-state index contributed by atoms with van der Waals surface area (Å²) in [5.41, 5.74) is 1.10. The van der Waals surface area contributed by atoms with Crippen molar-refractivity contribution in [2.45, 2.75) is 27.7 Å². The van der Waals surface area contributed by atoms with Crippen LogP contribution in [-0.2, 0) is 11.8 Å². The molecule has 0 atom stereocenters. The first-order valence-electron chi connectivity index (χ1n) is 8.94. The Morgan fingerprint density at radius 2 is 1.86 bits per heavy atom. The van der Waals surface area contributed by atoms with Crippen LogP contribution in [0.3, 0.4) is 0 Å². The summed E-state index contributed by atoms with van der Waals surface area (Å²) in [5, 5.41) is 4.73. The predicted octanol–water partition coefficient (Wildman–Crippen LogP) is 2.96. The summed E-state index contributed by atoms with van der Waals surface area (Å²) >= 11 is 7.73. The van der Waals surface area contributed by atoms with Crippen LogP contribution in [-0.4, -0.2) is 20.1 Å². The molecule has 0 saturated carbocycles. The Balaban J connectivity index is 2.14. The summed E-state index contributed by atoms with van der Waals surface area (Å²) in [7, 11) is 1.63. The molecule has 8 heteroatoms. The van der Waals surface area contributed by atoms with Gasteiger partial charge >= 0.3 is 0 Å². The minimum Gasteiger partial charge on any atom is -0.302 e. The lowest BCUT2D eigenvalue weighted by molar-refractivity contribution is -0.120. The van der Waals surface area contributed by atoms with Gasteiger partial charge in [-0.2, -0.15) is 5.10 Å². The minimum absolute atomic E-state index is 0.0563. The van der Waals surface area contributed by atoms with Crippen molar-refractivity contribution >= 4 is 40.9 Å². The monoisotopic (exact) mass is 433 g/mol. The number of ketones is 1. The number of carbonyl (C=O) groups is 1. The Bertz CT molecular complexity index is 1260. The molecule has 0 unspecified atom stereocenters. The average Bonchev–Trinajstić information content (AvgIpc) is 3.07. The van der Waals surface area contributed by atoms with E-state index in [1.165, 1.54) is 38.8 Å². The number of benzene rings is 1. The van der Waals surface area contributed by atoms with Crippen molar-refractivity contribution in [1.29, 1.82) is 0 Å². The van der Waals surface area contributed by atoms with Crippen molar-refractivity contribution in [3.63, 3.8) is 0 Å². The molecule has 0 bridgehead atoms. The van der Waals surface area contributed by atoms with E-state index in [2.05, 4.69) is 5.10 Å². The number of Topliss-reactive ketones (excluding diaryl/α,β-unsaturated/α-hetero) is 1. The summed E-state index contributed by atoms with van der Waals surface area (Å²) < 4.78 is 17.2. The Kier molecular flexibility index (Phi) is 5.65. The molecule has 3 aromatic rings. The van der Waals surface area contributed by atoms with Crippen molar-refractivity contribution in [3.05, 3.63) is 66.0 Å². The van der Waals surface area contributed by atoms with E-state index in [9.17, 15) is 14.0 Å². The molecular formula is C21H21ClFN3O2S. The van der Waals surface area contributed by atoms with E-state index >= 15 is 0 Å². The molecule has 152 valence electrons. The van der Waals surface area contributed by atoms with Crippen molar-refractivity contribution in [1.82, 2.24) is 14.3 Å². The third-order valence-electron chi connectivity index (χ3n) is 4.45. The van der Waals surface area contributed by atoms with Crippen molar-refractivity contribution in [3.8, 4) is 5.69 Å². The van der Waals surface area contributed by atoms with Gasteiger partial charge < -0.3 is 4.57 Å². The van der Waals surface area contributed by atoms with Gasteiger partial charge in [0.2, 0.25) is 0 Å². The third kappa shape index (κ3) is 4.26. The molecule has 0 amide bonds. The fraction of sp³-hybridized carbons (Fsp3) is 0.286. The molecule has 0 saturated heterocycles. The maximum atomic E-state index is 13.2. The fourth-order valence-corrected chi connectivity index (χ4v) is 3.93. The molecular weight excluding hydrogens is 413 g/mol. The number of rotatable bonds is 3. The van der Waals surface area contributed by atoms with Crippen LogP contribution in [0.2, 0.25) is 5.15 Å². The van der Waals surface area contributed by atoms with Gasteiger partial charge in [0.15, 0.2) is 5.78 Å². The van der Waals surface area contributed by atoms with Gasteiger partial charge in [-0.25, -0.2) is 9.07 Å². The maximum Gasteiger partial charge on any atom is 0.268 e. The summed E-state index contributed by atoms with van der Waals surface area (Å²) in [6.45, 7) is 7.28. The molecule has 0 aliphatic carbocycles. The molecule has 3 rings (SSSR count). The second kappa shape index (κ2) is 7.72. The lowest BCUT2D eigenvalue weighted by Crippen LogP contribution is -2.30. The molecule has 0 N–H and O–H groups in total. The van der Waals surface area contributed by atoms with Crippen molar-refractivity contribution < 1.29 is 9.18 Å². The second-order valence-corrected chi connectivity index (χ2v) is 9.17. The minimum atomic E-state index is -0.528. The zero-order valence-electron chi connectivity index (χ0n) is 16.8. The Hall–Kier alpha value is -2.51. The largest absolute Gasteiger partial charge is 0.302 e. The Morgan fingerprint density at radius 1 is 1.24 bits per heavy atom. The van der Waals surface area contributed by atoms with E-state index in [4.69, 9.17) is 11.6 Å². The van der Waals surface area contributed by atoms with E-state index in [1.807, 2.05) is 20.8 Å². The fourth-order valence-electron chi connectivity index (χ4n) is 2.60. The van der Waals surface area contributed by atoms with Crippen molar-refractivity contribution in [2.24, 2.45) is 12.5 Å². The summed E-state index contributed by atoms with van der Waals surface area (Å²) in [6.07, 6.45) is 3.18. The highest BCUT2D eigenvalue weighted by Crippen LogP contribution is 2.24. The molecule has 2 heterocycles. The number of hydrogen-bond acceptors (Lipinski definition) is 4. The van der Waals surface area contributed by atoms with Crippen LogP contribution >= 0.6 is 22.9 Å². The standard InChI is InChI=1S/C21H21ClFN3O2S/c1-12-15(19(22)26(24-12)14-8-6-13(23)7-9-14)10-16-20(28)25(5)18(29-16)11-17(27)21(2,3)4/h6-11H,1-5H3/b16-10-,18-11-. The summed E-state index contributed by atoms with van der Waals surface area (Å²) in [4.78, 5) is 25.0. The van der Waals surface area contributed by atoms with Gasteiger partial charge in [-0.05, 0) is 37.3 Å². The number of hydrogen-bond donors (Lipinski definition) is 0. The first-order chi connectivity index (χ1) is 13.5. The number of nitrogens with zero attached hydrogens (tertiary/aromatic N) is 3. The van der Waals surface area contributed by atoms with Crippen molar-refractivity contribution in [2.75, 3.05) is 0 Å². The zero-order chi connectivity index (χ0) is 21.5. The molecule has 0 fully saturated rings. The van der Waals surface area contributed by atoms with E-state index in [0.717, 1.165) is 0 Å². The molecule has 0 aliphatic heterocycles. The van der Waals surface area contributed by atoms with E-state index in [-0.39, 0.29) is 17.2 Å². The van der Waals surface area contributed by atoms with Gasteiger partial charge in [-0.1, -0.05) is 32.4 Å². The van der Waals surface area contributed by atoms with Gasteiger partial charge in [-0.15, -0.1) is 11.3 Å². The molecule has 0 spiro atoms. The van der Waals surface area contributed by atoms with Crippen LogP contribution < -0.4 is 14.8 Å². The topological polar surface area (TPSA) is 56.9 Å². The number of aromatic nitrogens is 3. The third-order valence-corrected chi connectivity index (χ3v) is 5.93. The van der Waals surface area contributed by atoms with Gasteiger partial charge in [0, 0.05) is 24.1 Å². The Labute approximate surface area is 176 Å². The normalized spacial score (nSPS) is 13.3. The van der Waals surface area contributed by atoms with Crippen LogP contribution in [0.25, 0.3) is 17.8 Å². The van der Waals surface area contributed by atoms with Crippen LogP contribution in [0.4, 0.5) is 4.39 Å². The summed E-state index contributed by atoms with van der Waals surface area (Å²) in [6, 6.07) is 5.81. The number of halogens is 2. The first kappa shape index (κ1) is 21.2. The quantitative estimate of drug-likeness (QED) is 0.638. The van der Waals surface area contributed by atoms with E-state index in [1.54, 1.807) is 32.2 Å². The molecule has 0 radical (unpaired) electrons. The van der Waals surface area contributed by atoms with Crippen LogP contribution in [0, 0.1) is 18.2 Å². The number of carbonyl (C=O) groups excluding carboxylic acids is 1. The Morgan fingerprint density at radius 3 is 2.45 bits per heavy atom. The van der Waals surface area contributed by atoms with Crippen LogP contribution in [0.1, 0.15) is 32.0 Å². The lowest BCUT2D eigenvalue weighted by atomic mass is 9.91. The molecule has 29 heavy (non-hydrogen) atoms. The highest BCUT2D eigenvalue weighted by atomic mass is 35.5. The van der Waals surface area contributed by atoms with Gasteiger partial charge in [0.25, 0.3) is 5.56 Å². The number of thiazole rings is 1. The molecule has 5 nitrogen and oxygen atoms in total. The average molecular weight is 434 g/mol. The maximum absolute atomic E-state index is 13.2. The van der Waals surface area contributed by atoms with Gasteiger partial charge in [-0.3, -0.25) is 9.59 Å². The van der Waals surface area contributed by atoms with Gasteiger partial charge in [0.05, 0.1) is 15.9 Å². The van der Waals surface area contributed by atoms with E-state index in [0.29, 0.717) is 31.3 Å². The van der Waals surface area contributed by atoms with Crippen LogP contribution in [0.5, 0.6) is 0 Å². The van der Waals surface area contributed by atoms with Crippen LogP contribution in [0.15, 0.2) is 29.1 Å². The predicted molar refractivity (Wildman–Crippen MR) is 115 cm³/mol. The number of aryl methyl sites for hydroxylation is 1. The lowest BCUT2D eigenvalue weighted by Gasteiger charge is -2.12. The second-order valence-electron chi connectivity index (χ2n) is 7.75. The SMILES string of the molecule is Cc1nn(-c2ccc(F)cc2)c(Cl)c1/C=c1\s/c(=C\C(=O)C(C)(C)C)n(C)c1=O. The van der Waals surface area contributed by atoms with Gasteiger partial charge in [0.1, 0.15) is 15.6 Å². The van der Waals surface area contributed by atoms with E-state index < -0.39 is 5.41 Å². The molecule has 2 aromatic heterocycles. The molecule has 1 aromatic carbocycles.